The smallest absolute Gasteiger partial charge is 0.0318 e. The number of rotatable bonds is 3. The van der Waals surface area contributed by atoms with Gasteiger partial charge in [0.25, 0.3) is 0 Å². The van der Waals surface area contributed by atoms with Crippen LogP contribution in [0.1, 0.15) is 23.1 Å². The summed E-state index contributed by atoms with van der Waals surface area (Å²) < 4.78 is 0. The summed E-state index contributed by atoms with van der Waals surface area (Å²) in [6.07, 6.45) is 1.12. The molecule has 0 atom stereocenters. The Morgan fingerprint density at radius 3 is 1.43 bits per heavy atom. The van der Waals surface area contributed by atoms with Gasteiger partial charge in [-0.3, -0.25) is 0 Å². The molecule has 0 unspecified atom stereocenters. The van der Waals surface area contributed by atoms with E-state index in [-0.39, 0.29) is 5.41 Å². The maximum atomic E-state index is 2.25. The number of hydrogen-bond acceptors (Lipinski definition) is 0. The van der Waals surface area contributed by atoms with Gasteiger partial charge in [-0.25, -0.2) is 0 Å². The molecule has 1 aliphatic carbocycles. The van der Waals surface area contributed by atoms with Crippen LogP contribution in [0.3, 0.4) is 0 Å². The average Bonchev–Trinajstić information content (AvgIpc) is 3.34. The van der Waals surface area contributed by atoms with E-state index < -0.39 is 0 Å². The van der Waals surface area contributed by atoms with Crippen molar-refractivity contribution in [3.05, 3.63) is 114 Å². The van der Waals surface area contributed by atoms with Gasteiger partial charge in [-0.1, -0.05) is 91.0 Å². The van der Waals surface area contributed by atoms with E-state index in [1.165, 1.54) is 22.6 Å². The van der Waals surface area contributed by atoms with Gasteiger partial charge in [0.1, 0.15) is 0 Å². The lowest BCUT2D eigenvalue weighted by Gasteiger charge is -2.19. The first-order chi connectivity index (χ1) is 10.4. The summed E-state index contributed by atoms with van der Waals surface area (Å²) >= 11 is 0. The molecule has 0 bridgehead atoms. The van der Waals surface area contributed by atoms with Crippen molar-refractivity contribution >= 4 is 0 Å². The predicted octanol–water partition coefficient (Wildman–Crippen LogP) is 5.00. The molecule has 0 saturated heterocycles. The monoisotopic (exact) mass is 269 g/mol. The van der Waals surface area contributed by atoms with Gasteiger partial charge < -0.3 is 0 Å². The van der Waals surface area contributed by atoms with Crippen molar-refractivity contribution < 1.29 is 0 Å². The highest BCUT2D eigenvalue weighted by Gasteiger charge is 2.57. The molecule has 0 aromatic heterocycles. The zero-order valence-electron chi connectivity index (χ0n) is 11.9. The summed E-state index contributed by atoms with van der Waals surface area (Å²) in [5.41, 5.74) is 4.24. The van der Waals surface area contributed by atoms with E-state index in [0.717, 1.165) is 6.42 Å². The summed E-state index contributed by atoms with van der Waals surface area (Å²) in [5, 5.41) is 0. The first-order valence-corrected chi connectivity index (χ1v) is 7.44. The van der Waals surface area contributed by atoms with Crippen LogP contribution in [0.15, 0.2) is 91.0 Å². The molecule has 4 rings (SSSR count). The molecular weight excluding hydrogens is 252 g/mol. The average molecular weight is 269 g/mol. The zero-order chi connectivity index (χ0) is 14.1. The minimum atomic E-state index is 0.0733. The van der Waals surface area contributed by atoms with Crippen molar-refractivity contribution in [1.82, 2.24) is 0 Å². The fraction of sp³-hybridized carbons (Fsp3) is 0.0952. The second-order valence-corrected chi connectivity index (χ2v) is 5.66. The fourth-order valence-electron chi connectivity index (χ4n) is 3.37. The molecule has 1 aliphatic rings. The van der Waals surface area contributed by atoms with E-state index in [1.807, 2.05) is 0 Å². The van der Waals surface area contributed by atoms with Crippen LogP contribution in [0.25, 0.3) is 0 Å². The molecule has 0 heterocycles. The van der Waals surface area contributed by atoms with Crippen molar-refractivity contribution in [1.29, 1.82) is 0 Å². The fourth-order valence-corrected chi connectivity index (χ4v) is 3.37. The Bertz CT molecular complexity index is 674. The minimum absolute atomic E-state index is 0.0733. The largest absolute Gasteiger partial charge is 0.0622 e. The Labute approximate surface area is 126 Å². The van der Waals surface area contributed by atoms with Gasteiger partial charge in [0.15, 0.2) is 0 Å². The van der Waals surface area contributed by atoms with Crippen molar-refractivity contribution in [2.45, 2.75) is 11.8 Å². The highest BCUT2D eigenvalue weighted by molar-refractivity contribution is 5.63. The molecule has 3 aromatic carbocycles. The SMILES string of the molecule is c1ccc([C]2CC2(c2ccccc2)c2ccccc2)cc1. The lowest BCUT2D eigenvalue weighted by molar-refractivity contribution is 0.862. The Kier molecular flexibility index (Phi) is 2.89. The molecule has 0 aliphatic heterocycles. The van der Waals surface area contributed by atoms with Gasteiger partial charge in [-0.05, 0) is 23.1 Å². The highest BCUT2D eigenvalue weighted by Crippen LogP contribution is 2.63. The van der Waals surface area contributed by atoms with Crippen molar-refractivity contribution in [2.24, 2.45) is 0 Å². The van der Waals surface area contributed by atoms with Crippen LogP contribution in [0, 0.1) is 5.92 Å². The Morgan fingerprint density at radius 2 is 0.952 bits per heavy atom. The third-order valence-corrected chi connectivity index (χ3v) is 4.49. The molecule has 21 heavy (non-hydrogen) atoms. The normalized spacial score (nSPS) is 16.6. The summed E-state index contributed by atoms with van der Waals surface area (Å²) in [6.45, 7) is 0. The van der Waals surface area contributed by atoms with Crippen LogP contribution in [0.4, 0.5) is 0 Å². The van der Waals surface area contributed by atoms with E-state index in [0.29, 0.717) is 0 Å². The Morgan fingerprint density at radius 1 is 0.524 bits per heavy atom. The van der Waals surface area contributed by atoms with E-state index in [9.17, 15) is 0 Å². The predicted molar refractivity (Wildman–Crippen MR) is 87.1 cm³/mol. The summed E-state index contributed by atoms with van der Waals surface area (Å²) in [4.78, 5) is 0. The molecule has 3 aromatic rings. The van der Waals surface area contributed by atoms with Crippen LogP contribution < -0.4 is 0 Å². The lowest BCUT2D eigenvalue weighted by Crippen LogP contribution is -2.11. The van der Waals surface area contributed by atoms with Crippen LogP contribution in [0.5, 0.6) is 0 Å². The first-order valence-electron chi connectivity index (χ1n) is 7.44. The summed E-state index contributed by atoms with van der Waals surface area (Å²) in [5.74, 6) is 1.53. The topological polar surface area (TPSA) is 0 Å². The Hall–Kier alpha value is -2.34. The van der Waals surface area contributed by atoms with Crippen LogP contribution in [-0.4, -0.2) is 0 Å². The molecule has 101 valence electrons. The lowest BCUT2D eigenvalue weighted by atomic mass is 9.84. The maximum Gasteiger partial charge on any atom is 0.0318 e. The van der Waals surface area contributed by atoms with E-state index in [4.69, 9.17) is 0 Å². The summed E-state index contributed by atoms with van der Waals surface area (Å²) in [7, 11) is 0. The molecule has 0 N–H and O–H groups in total. The molecular formula is C21H17. The highest BCUT2D eigenvalue weighted by atomic mass is 14.6. The molecule has 1 fully saturated rings. The third-order valence-electron chi connectivity index (χ3n) is 4.49. The molecule has 0 amide bonds. The van der Waals surface area contributed by atoms with Crippen LogP contribution in [0.2, 0.25) is 0 Å². The van der Waals surface area contributed by atoms with Gasteiger partial charge in [-0.15, -0.1) is 0 Å². The first kappa shape index (κ1) is 12.4. The second kappa shape index (κ2) is 4.89. The van der Waals surface area contributed by atoms with Crippen molar-refractivity contribution in [3.8, 4) is 0 Å². The Balaban J connectivity index is 1.83. The van der Waals surface area contributed by atoms with Crippen LogP contribution in [-0.2, 0) is 5.41 Å². The molecule has 0 nitrogen and oxygen atoms in total. The molecule has 0 spiro atoms. The summed E-state index contributed by atoms with van der Waals surface area (Å²) in [6, 6.07) is 32.5. The number of hydrogen-bond donors (Lipinski definition) is 0. The minimum Gasteiger partial charge on any atom is -0.0622 e. The third kappa shape index (κ3) is 1.99. The zero-order valence-corrected chi connectivity index (χ0v) is 11.9. The van der Waals surface area contributed by atoms with Gasteiger partial charge in [0.2, 0.25) is 0 Å². The van der Waals surface area contributed by atoms with Crippen molar-refractivity contribution in [3.63, 3.8) is 0 Å². The van der Waals surface area contributed by atoms with Gasteiger partial charge in [0.05, 0.1) is 0 Å². The quantitative estimate of drug-likeness (QED) is 0.627. The van der Waals surface area contributed by atoms with E-state index in [1.54, 1.807) is 0 Å². The molecule has 1 saturated carbocycles. The number of benzene rings is 3. The maximum absolute atomic E-state index is 2.25. The molecule has 1 radical (unpaired) electrons. The standard InChI is InChI=1S/C21H17/c1-4-10-17(11-5-1)20-16-21(20,18-12-6-2-7-13-18)19-14-8-3-9-15-19/h1-15H,16H2. The van der Waals surface area contributed by atoms with Gasteiger partial charge in [-0.2, -0.15) is 0 Å². The van der Waals surface area contributed by atoms with Gasteiger partial charge in [0, 0.05) is 11.3 Å². The van der Waals surface area contributed by atoms with Crippen LogP contribution >= 0.6 is 0 Å². The van der Waals surface area contributed by atoms with E-state index in [2.05, 4.69) is 91.0 Å². The van der Waals surface area contributed by atoms with Crippen molar-refractivity contribution in [2.75, 3.05) is 0 Å². The van der Waals surface area contributed by atoms with Gasteiger partial charge >= 0.3 is 0 Å². The van der Waals surface area contributed by atoms with E-state index >= 15 is 0 Å². The second-order valence-electron chi connectivity index (χ2n) is 5.66. The molecule has 0 heteroatoms.